The quantitative estimate of drug-likeness (QED) is 0.786. The largest absolute Gasteiger partial charge is 0.451 e. The zero-order chi connectivity index (χ0) is 13.1. The van der Waals surface area contributed by atoms with E-state index >= 15 is 0 Å². The summed E-state index contributed by atoms with van der Waals surface area (Å²) in [5, 5.41) is 0. The number of benzene rings is 1. The van der Waals surface area contributed by atoms with Crippen molar-refractivity contribution in [2.24, 2.45) is 5.92 Å². The second-order valence-electron chi connectivity index (χ2n) is 4.76. The Bertz CT molecular complexity index is 510. The summed E-state index contributed by atoms with van der Waals surface area (Å²) in [7, 11) is 0. The summed E-state index contributed by atoms with van der Waals surface area (Å²) in [6, 6.07) is 15.4. The van der Waals surface area contributed by atoms with Crippen molar-refractivity contribution >= 4 is 5.97 Å². The van der Waals surface area contributed by atoms with Gasteiger partial charge in [-0.05, 0) is 30.5 Å². The minimum Gasteiger partial charge on any atom is -0.451 e. The molecule has 3 rings (SSSR count). The Kier molecular flexibility index (Phi) is 3.27. The molecule has 1 fully saturated rings. The molecule has 0 aliphatic heterocycles. The van der Waals surface area contributed by atoms with Gasteiger partial charge in [0.05, 0.1) is 11.6 Å². The maximum absolute atomic E-state index is 11.9. The molecule has 1 saturated carbocycles. The van der Waals surface area contributed by atoms with Crippen molar-refractivity contribution in [3.05, 3.63) is 66.0 Å². The summed E-state index contributed by atoms with van der Waals surface area (Å²) in [5.74, 6) is -0.0190. The van der Waals surface area contributed by atoms with Crippen LogP contribution in [0.1, 0.15) is 30.2 Å². The first-order chi connectivity index (χ1) is 9.34. The molecular formula is C16H15NO2. The van der Waals surface area contributed by atoms with Gasteiger partial charge in [-0.25, -0.2) is 0 Å². The van der Waals surface area contributed by atoms with E-state index in [0.717, 1.165) is 24.1 Å². The zero-order valence-corrected chi connectivity index (χ0v) is 10.5. The van der Waals surface area contributed by atoms with Gasteiger partial charge in [0.1, 0.15) is 0 Å². The van der Waals surface area contributed by atoms with Gasteiger partial charge in [-0.3, -0.25) is 9.78 Å². The summed E-state index contributed by atoms with van der Waals surface area (Å²) >= 11 is 0. The predicted molar refractivity (Wildman–Crippen MR) is 71.3 cm³/mol. The molecule has 1 aliphatic carbocycles. The Hall–Kier alpha value is -2.16. The van der Waals surface area contributed by atoms with Crippen LogP contribution in [-0.2, 0) is 9.53 Å². The molecule has 1 aliphatic rings. The van der Waals surface area contributed by atoms with E-state index in [2.05, 4.69) is 4.98 Å². The third-order valence-corrected chi connectivity index (χ3v) is 3.20. The highest BCUT2D eigenvalue weighted by Crippen LogP contribution is 2.33. The Morgan fingerprint density at radius 1 is 1.11 bits per heavy atom. The Morgan fingerprint density at radius 3 is 2.47 bits per heavy atom. The highest BCUT2D eigenvalue weighted by Gasteiger charge is 2.33. The van der Waals surface area contributed by atoms with E-state index in [1.165, 1.54) is 0 Å². The molecule has 0 amide bonds. The lowest BCUT2D eigenvalue weighted by Gasteiger charge is -2.17. The number of carbonyl (C=O) groups is 1. The molecule has 1 heterocycles. The minimum absolute atomic E-state index is 0.0925. The average Bonchev–Trinajstić information content (AvgIpc) is 3.31. The second-order valence-corrected chi connectivity index (χ2v) is 4.76. The van der Waals surface area contributed by atoms with E-state index in [1.54, 1.807) is 6.20 Å². The van der Waals surface area contributed by atoms with Crippen LogP contribution in [0.5, 0.6) is 0 Å². The fourth-order valence-corrected chi connectivity index (χ4v) is 1.99. The summed E-state index contributed by atoms with van der Waals surface area (Å²) in [6.45, 7) is 0. The maximum atomic E-state index is 11.9. The van der Waals surface area contributed by atoms with Gasteiger partial charge in [-0.15, -0.1) is 0 Å². The Balaban J connectivity index is 1.89. The number of hydrogen-bond donors (Lipinski definition) is 0. The van der Waals surface area contributed by atoms with Gasteiger partial charge < -0.3 is 4.74 Å². The number of hydrogen-bond acceptors (Lipinski definition) is 3. The molecular weight excluding hydrogens is 238 g/mol. The first-order valence-corrected chi connectivity index (χ1v) is 6.51. The van der Waals surface area contributed by atoms with Crippen LogP contribution in [-0.4, -0.2) is 11.0 Å². The summed E-state index contributed by atoms with van der Waals surface area (Å²) in [4.78, 5) is 16.2. The van der Waals surface area contributed by atoms with Gasteiger partial charge >= 0.3 is 5.97 Å². The van der Waals surface area contributed by atoms with Gasteiger partial charge in [0.15, 0.2) is 6.10 Å². The lowest BCUT2D eigenvalue weighted by atomic mass is 10.1. The van der Waals surface area contributed by atoms with Crippen LogP contribution >= 0.6 is 0 Å². The molecule has 1 unspecified atom stereocenters. The summed E-state index contributed by atoms with van der Waals surface area (Å²) in [5.41, 5.74) is 1.72. The van der Waals surface area contributed by atoms with Gasteiger partial charge in [-0.1, -0.05) is 36.4 Å². The molecule has 0 N–H and O–H groups in total. The molecule has 0 saturated heterocycles. The first-order valence-electron chi connectivity index (χ1n) is 6.51. The molecule has 1 atom stereocenters. The summed E-state index contributed by atoms with van der Waals surface area (Å²) < 4.78 is 5.65. The van der Waals surface area contributed by atoms with E-state index < -0.39 is 6.10 Å². The molecule has 3 nitrogen and oxygen atoms in total. The van der Waals surface area contributed by atoms with Crippen molar-refractivity contribution < 1.29 is 9.53 Å². The van der Waals surface area contributed by atoms with E-state index in [0.29, 0.717) is 0 Å². The number of pyridine rings is 1. The molecule has 0 spiro atoms. The van der Waals surface area contributed by atoms with Crippen LogP contribution in [0, 0.1) is 5.92 Å². The van der Waals surface area contributed by atoms with Crippen LogP contribution in [0.3, 0.4) is 0 Å². The van der Waals surface area contributed by atoms with Crippen molar-refractivity contribution in [1.29, 1.82) is 0 Å². The predicted octanol–water partition coefficient (Wildman–Crippen LogP) is 3.12. The fraction of sp³-hybridized carbons (Fsp3) is 0.250. The minimum atomic E-state index is -0.407. The normalized spacial score (nSPS) is 15.8. The standard InChI is InChI=1S/C16H15NO2/c18-16(13-9-10-13)19-15(12-6-2-1-3-7-12)14-8-4-5-11-17-14/h1-8,11,13,15H,9-10H2. The van der Waals surface area contributed by atoms with Crippen LogP contribution in [0.15, 0.2) is 54.7 Å². The van der Waals surface area contributed by atoms with Crippen molar-refractivity contribution in [2.75, 3.05) is 0 Å². The third-order valence-electron chi connectivity index (χ3n) is 3.20. The lowest BCUT2D eigenvalue weighted by molar-refractivity contribution is -0.149. The maximum Gasteiger partial charge on any atom is 0.309 e. The van der Waals surface area contributed by atoms with Gasteiger partial charge in [-0.2, -0.15) is 0 Å². The molecule has 1 aromatic carbocycles. The molecule has 1 aromatic heterocycles. The molecule has 0 bridgehead atoms. The monoisotopic (exact) mass is 253 g/mol. The number of rotatable bonds is 4. The van der Waals surface area contributed by atoms with Gasteiger partial charge in [0, 0.05) is 6.20 Å². The van der Waals surface area contributed by atoms with Crippen LogP contribution < -0.4 is 0 Å². The number of carbonyl (C=O) groups excluding carboxylic acids is 1. The van der Waals surface area contributed by atoms with Crippen molar-refractivity contribution in [3.63, 3.8) is 0 Å². The highest BCUT2D eigenvalue weighted by atomic mass is 16.5. The van der Waals surface area contributed by atoms with Gasteiger partial charge in [0.25, 0.3) is 0 Å². The topological polar surface area (TPSA) is 39.2 Å². The fourth-order valence-electron chi connectivity index (χ4n) is 1.99. The first kappa shape index (κ1) is 11.9. The highest BCUT2D eigenvalue weighted by molar-refractivity contribution is 5.75. The molecule has 3 heteroatoms. The van der Waals surface area contributed by atoms with Crippen LogP contribution in [0.2, 0.25) is 0 Å². The van der Waals surface area contributed by atoms with Crippen LogP contribution in [0.4, 0.5) is 0 Å². The molecule has 19 heavy (non-hydrogen) atoms. The van der Waals surface area contributed by atoms with Crippen molar-refractivity contribution in [3.8, 4) is 0 Å². The third kappa shape index (κ3) is 2.81. The Morgan fingerprint density at radius 2 is 1.84 bits per heavy atom. The molecule has 96 valence electrons. The smallest absolute Gasteiger partial charge is 0.309 e. The number of nitrogens with zero attached hydrogens (tertiary/aromatic N) is 1. The van der Waals surface area contributed by atoms with E-state index in [4.69, 9.17) is 4.74 Å². The SMILES string of the molecule is O=C(OC(c1ccccc1)c1ccccn1)C1CC1. The van der Waals surface area contributed by atoms with E-state index in [-0.39, 0.29) is 11.9 Å². The van der Waals surface area contributed by atoms with Gasteiger partial charge in [0.2, 0.25) is 0 Å². The zero-order valence-electron chi connectivity index (χ0n) is 10.5. The lowest BCUT2D eigenvalue weighted by Crippen LogP contribution is -2.15. The number of esters is 1. The number of ether oxygens (including phenoxy) is 1. The van der Waals surface area contributed by atoms with E-state index in [1.807, 2.05) is 48.5 Å². The Labute approximate surface area is 112 Å². The van der Waals surface area contributed by atoms with E-state index in [9.17, 15) is 4.79 Å². The second kappa shape index (κ2) is 5.22. The van der Waals surface area contributed by atoms with Crippen LogP contribution in [0.25, 0.3) is 0 Å². The molecule has 2 aromatic rings. The van der Waals surface area contributed by atoms with Crippen molar-refractivity contribution in [2.45, 2.75) is 18.9 Å². The van der Waals surface area contributed by atoms with Crippen molar-refractivity contribution in [1.82, 2.24) is 4.98 Å². The number of aromatic nitrogens is 1. The average molecular weight is 253 g/mol. The molecule has 0 radical (unpaired) electrons. The summed E-state index contributed by atoms with van der Waals surface area (Å²) in [6.07, 6.45) is 3.21.